The van der Waals surface area contributed by atoms with Crippen molar-refractivity contribution in [1.82, 2.24) is 14.9 Å². The minimum absolute atomic E-state index is 0.0155. The molecule has 0 unspecified atom stereocenters. The lowest BCUT2D eigenvalue weighted by Crippen LogP contribution is -2.38. The second kappa shape index (κ2) is 8.77. The summed E-state index contributed by atoms with van der Waals surface area (Å²) in [5.74, 6) is 1.32. The molecule has 9 nitrogen and oxygen atoms in total. The lowest BCUT2D eigenvalue weighted by molar-refractivity contribution is -0.121. The van der Waals surface area contributed by atoms with E-state index >= 15 is 0 Å². The molecule has 1 saturated carbocycles. The number of sulfonamides is 1. The van der Waals surface area contributed by atoms with Crippen LogP contribution in [0.3, 0.4) is 0 Å². The molecule has 1 amide bonds. The van der Waals surface area contributed by atoms with Gasteiger partial charge in [-0.05, 0) is 48.7 Å². The number of fused-ring (bicyclic) bond motifs is 1. The predicted molar refractivity (Wildman–Crippen MR) is 119 cm³/mol. The molecule has 0 atom stereocenters. The number of halogens is 1. The van der Waals surface area contributed by atoms with Crippen molar-refractivity contribution in [1.29, 1.82) is 0 Å². The Balaban J connectivity index is 1.37. The van der Waals surface area contributed by atoms with E-state index in [1.807, 2.05) is 0 Å². The van der Waals surface area contributed by atoms with Gasteiger partial charge in [-0.1, -0.05) is 35.3 Å². The summed E-state index contributed by atoms with van der Waals surface area (Å²) in [7, 11) is -3.85. The van der Waals surface area contributed by atoms with Crippen LogP contribution in [0, 0.1) is 0 Å². The van der Waals surface area contributed by atoms with Crippen LogP contribution in [-0.2, 0) is 27.9 Å². The fourth-order valence-corrected chi connectivity index (χ4v) is 4.84. The second-order valence-electron chi connectivity index (χ2n) is 8.03. The predicted octanol–water partition coefficient (Wildman–Crippen LogP) is 3.39. The minimum Gasteiger partial charge on any atom is -0.482 e. The second-order valence-corrected chi connectivity index (χ2v) is 10.2. The van der Waals surface area contributed by atoms with Crippen molar-refractivity contribution >= 4 is 33.2 Å². The van der Waals surface area contributed by atoms with Crippen LogP contribution < -0.4 is 14.4 Å². The van der Waals surface area contributed by atoms with E-state index in [9.17, 15) is 13.2 Å². The number of amides is 1. The van der Waals surface area contributed by atoms with Crippen molar-refractivity contribution in [3.63, 3.8) is 0 Å². The third-order valence-corrected chi connectivity index (χ3v) is 7.45. The van der Waals surface area contributed by atoms with Crippen LogP contribution in [0.4, 0.5) is 5.69 Å². The van der Waals surface area contributed by atoms with Gasteiger partial charge in [-0.15, -0.1) is 0 Å². The molecule has 0 radical (unpaired) electrons. The molecular weight excluding hydrogens is 468 g/mol. The van der Waals surface area contributed by atoms with Gasteiger partial charge in [0, 0.05) is 17.5 Å². The topological polar surface area (TPSA) is 115 Å². The molecule has 2 aliphatic rings. The molecule has 1 aliphatic heterocycles. The minimum atomic E-state index is -3.85. The van der Waals surface area contributed by atoms with Crippen molar-refractivity contribution in [3.8, 4) is 5.75 Å². The van der Waals surface area contributed by atoms with Crippen LogP contribution in [0.25, 0.3) is 0 Å². The maximum absolute atomic E-state index is 12.9. The van der Waals surface area contributed by atoms with Crippen LogP contribution in [0.2, 0.25) is 5.02 Å². The molecule has 0 bridgehead atoms. The molecular formula is C22H21ClN4O5S. The average Bonchev–Trinajstić information content (AvgIpc) is 3.21. The van der Waals surface area contributed by atoms with E-state index in [0.29, 0.717) is 28.2 Å². The molecule has 33 heavy (non-hydrogen) atoms. The highest BCUT2D eigenvalue weighted by atomic mass is 35.5. The van der Waals surface area contributed by atoms with E-state index in [2.05, 4.69) is 14.9 Å². The molecule has 172 valence electrons. The molecule has 1 aromatic heterocycles. The van der Waals surface area contributed by atoms with E-state index in [4.69, 9.17) is 20.9 Å². The normalized spacial score (nSPS) is 16.3. The van der Waals surface area contributed by atoms with Gasteiger partial charge in [-0.25, -0.2) is 13.1 Å². The average molecular weight is 489 g/mol. The Kier molecular flexibility index (Phi) is 5.81. The Hall–Kier alpha value is -2.95. The molecule has 11 heteroatoms. The zero-order valence-electron chi connectivity index (χ0n) is 17.5. The third kappa shape index (κ3) is 4.59. The highest BCUT2D eigenvalue weighted by Crippen LogP contribution is 2.37. The van der Waals surface area contributed by atoms with Gasteiger partial charge in [0.25, 0.3) is 5.91 Å². The number of nitrogens with zero attached hydrogens (tertiary/aromatic N) is 3. The van der Waals surface area contributed by atoms with Gasteiger partial charge in [0.15, 0.2) is 12.4 Å². The third-order valence-electron chi connectivity index (χ3n) is 5.80. The number of nitrogens with one attached hydrogen (secondary N) is 1. The first-order valence-electron chi connectivity index (χ1n) is 10.5. The van der Waals surface area contributed by atoms with E-state index in [1.54, 1.807) is 30.3 Å². The highest BCUT2D eigenvalue weighted by Gasteiger charge is 2.30. The molecule has 1 N–H and O–H groups in total. The van der Waals surface area contributed by atoms with Crippen LogP contribution in [0.5, 0.6) is 5.75 Å². The largest absolute Gasteiger partial charge is 0.482 e. The van der Waals surface area contributed by atoms with E-state index in [1.165, 1.54) is 17.0 Å². The van der Waals surface area contributed by atoms with Crippen LogP contribution in [0.1, 0.15) is 42.5 Å². The molecule has 0 saturated heterocycles. The van der Waals surface area contributed by atoms with Crippen molar-refractivity contribution in [3.05, 3.63) is 64.8 Å². The first-order valence-corrected chi connectivity index (χ1v) is 12.4. The van der Waals surface area contributed by atoms with Crippen LogP contribution in [-0.4, -0.2) is 31.1 Å². The summed E-state index contributed by atoms with van der Waals surface area (Å²) in [4.78, 5) is 18.5. The number of hydrogen-bond acceptors (Lipinski definition) is 7. The molecule has 3 aromatic rings. The Bertz CT molecular complexity index is 1290. The van der Waals surface area contributed by atoms with Crippen LogP contribution in [0.15, 0.2) is 51.9 Å². The number of carbonyl (C=O) groups is 1. The Morgan fingerprint density at radius 3 is 2.67 bits per heavy atom. The molecule has 2 heterocycles. The number of rotatable bonds is 7. The van der Waals surface area contributed by atoms with Gasteiger partial charge in [0.05, 0.1) is 17.1 Å². The number of ether oxygens (including phenoxy) is 1. The summed E-state index contributed by atoms with van der Waals surface area (Å²) < 4.78 is 39.2. The Labute approximate surface area is 195 Å². The maximum atomic E-state index is 12.9. The smallest absolute Gasteiger partial charge is 0.265 e. The van der Waals surface area contributed by atoms with Gasteiger partial charge in [-0.3, -0.25) is 9.69 Å². The first-order chi connectivity index (χ1) is 15.9. The molecule has 1 fully saturated rings. The first kappa shape index (κ1) is 21.9. The van der Waals surface area contributed by atoms with Crippen molar-refractivity contribution in [2.24, 2.45) is 0 Å². The fraction of sp³-hybridized carbons (Fsp3) is 0.318. The number of aromatic nitrogens is 2. The summed E-state index contributed by atoms with van der Waals surface area (Å²) in [5, 5.41) is 4.57. The van der Waals surface area contributed by atoms with Gasteiger partial charge in [0.2, 0.25) is 15.9 Å². The summed E-state index contributed by atoms with van der Waals surface area (Å²) in [6.07, 6.45) is 3.18. The Morgan fingerprint density at radius 2 is 1.94 bits per heavy atom. The molecule has 1 aliphatic carbocycles. The summed E-state index contributed by atoms with van der Waals surface area (Å²) in [6, 6.07) is 11.3. The van der Waals surface area contributed by atoms with Crippen molar-refractivity contribution in [2.75, 3.05) is 11.5 Å². The van der Waals surface area contributed by atoms with E-state index < -0.39 is 10.0 Å². The summed E-state index contributed by atoms with van der Waals surface area (Å²) in [6.45, 7) is 0.0108. The van der Waals surface area contributed by atoms with Gasteiger partial charge < -0.3 is 9.26 Å². The highest BCUT2D eigenvalue weighted by molar-refractivity contribution is 7.89. The zero-order chi connectivity index (χ0) is 23.0. The SMILES string of the molecule is O=C1COc2ccc(S(=O)(=O)NCc3ccc(Cl)cc3)cc2N1Cc1noc(C2CCC2)n1. The molecule has 2 aromatic carbocycles. The van der Waals surface area contributed by atoms with E-state index in [0.717, 1.165) is 24.8 Å². The van der Waals surface area contributed by atoms with Crippen LogP contribution >= 0.6 is 11.6 Å². The monoisotopic (exact) mass is 488 g/mol. The standard InChI is InChI=1S/C22H21ClN4O5S/c23-16-6-4-14(5-7-16)11-24-33(29,30)17-8-9-19-18(10-17)27(21(28)13-31-19)12-20-25-22(32-26-20)15-2-1-3-15/h4-10,15,24H,1-3,11-13H2. The molecule has 0 spiro atoms. The number of benzene rings is 2. The van der Waals surface area contributed by atoms with Crippen molar-refractivity contribution in [2.45, 2.75) is 43.2 Å². The van der Waals surface area contributed by atoms with E-state index in [-0.39, 0.29) is 36.4 Å². The maximum Gasteiger partial charge on any atom is 0.265 e. The van der Waals surface area contributed by atoms with Gasteiger partial charge in [0.1, 0.15) is 5.75 Å². The zero-order valence-corrected chi connectivity index (χ0v) is 19.1. The lowest BCUT2D eigenvalue weighted by Gasteiger charge is -2.28. The number of carbonyl (C=O) groups excluding carboxylic acids is 1. The molecule has 5 rings (SSSR count). The fourth-order valence-electron chi connectivity index (χ4n) is 3.68. The lowest BCUT2D eigenvalue weighted by atomic mass is 9.85. The number of hydrogen-bond donors (Lipinski definition) is 1. The quantitative estimate of drug-likeness (QED) is 0.542. The van der Waals surface area contributed by atoms with Gasteiger partial charge in [-0.2, -0.15) is 4.98 Å². The summed E-state index contributed by atoms with van der Waals surface area (Å²) >= 11 is 5.88. The van der Waals surface area contributed by atoms with Crippen molar-refractivity contribution < 1.29 is 22.5 Å². The number of anilines is 1. The summed E-state index contributed by atoms with van der Waals surface area (Å²) in [5.41, 5.74) is 1.11. The Morgan fingerprint density at radius 1 is 1.15 bits per heavy atom. The van der Waals surface area contributed by atoms with Gasteiger partial charge >= 0.3 is 0 Å².